The fourth-order valence-electron chi connectivity index (χ4n) is 6.97. The van der Waals surface area contributed by atoms with E-state index in [-0.39, 0.29) is 0 Å². The minimum absolute atomic E-state index is 0.633. The lowest BCUT2D eigenvalue weighted by Crippen LogP contribution is -1.94. The molecular formula is C44H23N5S2. The summed E-state index contributed by atoms with van der Waals surface area (Å²) in [6.45, 7) is 0. The van der Waals surface area contributed by atoms with Crippen LogP contribution in [0.25, 0.3) is 91.0 Å². The summed E-state index contributed by atoms with van der Waals surface area (Å²) in [6.07, 6.45) is 0. The van der Waals surface area contributed by atoms with E-state index in [9.17, 15) is 10.5 Å². The maximum atomic E-state index is 9.43. The molecule has 0 N–H and O–H groups in total. The van der Waals surface area contributed by atoms with E-state index < -0.39 is 0 Å². The second-order valence-corrected chi connectivity index (χ2v) is 14.6. The first-order valence-electron chi connectivity index (χ1n) is 16.4. The normalized spacial score (nSPS) is 11.5. The first kappa shape index (κ1) is 29.3. The molecule has 7 heteroatoms. The van der Waals surface area contributed by atoms with E-state index >= 15 is 0 Å². The molecule has 0 saturated carbocycles. The van der Waals surface area contributed by atoms with Gasteiger partial charge in [-0.2, -0.15) is 10.5 Å². The molecule has 236 valence electrons. The van der Waals surface area contributed by atoms with E-state index in [1.165, 1.54) is 21.9 Å². The molecule has 5 nitrogen and oxygen atoms in total. The first-order chi connectivity index (χ1) is 25.1. The topological polar surface area (TPSA) is 78.3 Å². The molecule has 0 aliphatic carbocycles. The Morgan fingerprint density at radius 2 is 1.00 bits per heavy atom. The van der Waals surface area contributed by atoms with Gasteiger partial charge in [0.2, 0.25) is 0 Å². The van der Waals surface area contributed by atoms with Crippen molar-refractivity contribution < 1.29 is 0 Å². The summed E-state index contributed by atoms with van der Waals surface area (Å²) >= 11 is 3.20. The van der Waals surface area contributed by atoms with Gasteiger partial charge in [-0.05, 0) is 113 Å². The zero-order valence-electron chi connectivity index (χ0n) is 26.8. The van der Waals surface area contributed by atoms with Gasteiger partial charge in [-0.3, -0.25) is 0 Å². The number of nitrogens with zero attached hydrogens (tertiary/aromatic N) is 5. The Morgan fingerprint density at radius 3 is 1.57 bits per heavy atom. The van der Waals surface area contributed by atoms with Crippen LogP contribution in [0.2, 0.25) is 0 Å². The molecule has 10 aromatic rings. The third-order valence-corrected chi connectivity index (χ3v) is 11.6. The van der Waals surface area contributed by atoms with Gasteiger partial charge < -0.3 is 4.57 Å². The molecule has 3 aromatic heterocycles. The Balaban J connectivity index is 1.14. The number of benzene rings is 7. The molecule has 0 aliphatic heterocycles. The zero-order chi connectivity index (χ0) is 34.1. The predicted molar refractivity (Wildman–Crippen MR) is 210 cm³/mol. The average molecular weight is 686 g/mol. The smallest absolute Gasteiger partial charge is 0.124 e. The maximum Gasteiger partial charge on any atom is 0.124 e. The van der Waals surface area contributed by atoms with E-state index in [0.29, 0.717) is 11.1 Å². The highest BCUT2D eigenvalue weighted by atomic mass is 32.1. The lowest BCUT2D eigenvalue weighted by atomic mass is 10.0. The van der Waals surface area contributed by atoms with E-state index in [2.05, 4.69) is 120 Å². The summed E-state index contributed by atoms with van der Waals surface area (Å²) in [6, 6.07) is 52.8. The highest BCUT2D eigenvalue weighted by Gasteiger charge is 2.17. The standard InChI is InChI=1S/C44H23N5S2/c45-24-26-5-15-37-41(19-26)50-43(47-37)32-11-17-39-35(22-32)36-23-33(44-48-38-16-6-27(25-46)20-42(38)51-44)12-18-40(36)49(39)34-13-9-29(10-14-34)31-8-7-28-3-1-2-4-30(28)21-31/h1-23H. The molecule has 51 heavy (non-hydrogen) atoms. The Labute approximate surface area is 300 Å². The van der Waals surface area contributed by atoms with Crippen molar-refractivity contribution >= 4 is 75.7 Å². The number of hydrogen-bond donors (Lipinski definition) is 0. The molecule has 0 atom stereocenters. The van der Waals surface area contributed by atoms with Crippen LogP contribution in [0, 0.1) is 22.7 Å². The van der Waals surface area contributed by atoms with Crippen LogP contribution in [0.4, 0.5) is 0 Å². The lowest BCUT2D eigenvalue weighted by Gasteiger charge is -2.10. The van der Waals surface area contributed by atoms with Crippen LogP contribution in [0.1, 0.15) is 11.1 Å². The second-order valence-electron chi connectivity index (χ2n) is 12.5. The van der Waals surface area contributed by atoms with Crippen LogP contribution in [0.5, 0.6) is 0 Å². The van der Waals surface area contributed by atoms with Gasteiger partial charge in [-0.1, -0.05) is 48.5 Å². The summed E-state index contributed by atoms with van der Waals surface area (Å²) in [7, 11) is 0. The highest BCUT2D eigenvalue weighted by Crippen LogP contribution is 2.40. The third kappa shape index (κ3) is 4.87. The Kier molecular flexibility index (Phi) is 6.59. The van der Waals surface area contributed by atoms with Gasteiger partial charge in [0.1, 0.15) is 10.0 Å². The van der Waals surface area contributed by atoms with E-state index in [1.54, 1.807) is 22.7 Å². The molecule has 7 aromatic carbocycles. The fourth-order valence-corrected chi connectivity index (χ4v) is 8.98. The Morgan fingerprint density at radius 1 is 0.471 bits per heavy atom. The summed E-state index contributed by atoms with van der Waals surface area (Å²) in [4.78, 5) is 9.88. The fraction of sp³-hybridized carbons (Fsp3) is 0. The summed E-state index contributed by atoms with van der Waals surface area (Å²) in [5.74, 6) is 0. The monoisotopic (exact) mass is 685 g/mol. The van der Waals surface area contributed by atoms with Crippen molar-refractivity contribution in [2.75, 3.05) is 0 Å². The van der Waals surface area contributed by atoms with Gasteiger partial charge in [0.15, 0.2) is 0 Å². The lowest BCUT2D eigenvalue weighted by molar-refractivity contribution is 1.18. The molecule has 0 fully saturated rings. The molecule has 3 heterocycles. The Bertz CT molecular complexity index is 2960. The van der Waals surface area contributed by atoms with Gasteiger partial charge >= 0.3 is 0 Å². The summed E-state index contributed by atoms with van der Waals surface area (Å²) in [5, 5.41) is 25.4. The number of hydrogen-bond acceptors (Lipinski definition) is 6. The largest absolute Gasteiger partial charge is 0.309 e. The molecular weight excluding hydrogens is 663 g/mol. The van der Waals surface area contributed by atoms with Crippen molar-refractivity contribution in [3.8, 4) is 50.1 Å². The first-order valence-corrected chi connectivity index (χ1v) is 18.1. The molecule has 0 spiro atoms. The van der Waals surface area contributed by atoms with Crippen LogP contribution in [-0.2, 0) is 0 Å². The van der Waals surface area contributed by atoms with Crippen molar-refractivity contribution in [2.45, 2.75) is 0 Å². The van der Waals surface area contributed by atoms with Gasteiger partial charge in [-0.15, -0.1) is 22.7 Å². The average Bonchev–Trinajstić information content (AvgIpc) is 3.90. The Hall–Kier alpha value is -6.64. The van der Waals surface area contributed by atoms with Crippen molar-refractivity contribution in [2.24, 2.45) is 0 Å². The van der Waals surface area contributed by atoms with Crippen molar-refractivity contribution in [3.63, 3.8) is 0 Å². The van der Waals surface area contributed by atoms with Crippen LogP contribution < -0.4 is 0 Å². The molecule has 0 aliphatic rings. The van der Waals surface area contributed by atoms with E-state index in [0.717, 1.165) is 69.1 Å². The SMILES string of the molecule is N#Cc1ccc2nc(-c3ccc4c(c3)c3cc(-c5nc6ccc(C#N)cc6s5)ccc3n4-c3ccc(-c4ccc5ccccc5c4)cc3)sc2c1. The molecule has 0 unspecified atom stereocenters. The number of fused-ring (bicyclic) bond motifs is 6. The minimum atomic E-state index is 0.633. The predicted octanol–water partition coefficient (Wildman–Crippen LogP) is 11.9. The van der Waals surface area contributed by atoms with Gasteiger partial charge in [0.05, 0.1) is 54.7 Å². The van der Waals surface area contributed by atoms with E-state index in [1.807, 2.05) is 36.4 Å². The molecule has 0 bridgehead atoms. The number of aromatic nitrogens is 3. The number of thiazole rings is 2. The minimum Gasteiger partial charge on any atom is -0.309 e. The van der Waals surface area contributed by atoms with Crippen LogP contribution in [0.3, 0.4) is 0 Å². The highest BCUT2D eigenvalue weighted by molar-refractivity contribution is 7.22. The third-order valence-electron chi connectivity index (χ3n) is 9.50. The van der Waals surface area contributed by atoms with Crippen LogP contribution >= 0.6 is 22.7 Å². The molecule has 0 radical (unpaired) electrons. The summed E-state index contributed by atoms with van der Waals surface area (Å²) < 4.78 is 4.32. The quantitative estimate of drug-likeness (QED) is 0.185. The van der Waals surface area contributed by atoms with Crippen molar-refractivity contribution in [3.05, 3.63) is 151 Å². The van der Waals surface area contributed by atoms with Crippen LogP contribution in [-0.4, -0.2) is 14.5 Å². The molecule has 0 saturated heterocycles. The molecule has 0 amide bonds. The second kappa shape index (κ2) is 11.5. The van der Waals surface area contributed by atoms with E-state index in [4.69, 9.17) is 9.97 Å². The van der Waals surface area contributed by atoms with Gasteiger partial charge in [0, 0.05) is 27.6 Å². The van der Waals surface area contributed by atoms with Crippen LogP contribution in [0.15, 0.2) is 140 Å². The van der Waals surface area contributed by atoms with Crippen molar-refractivity contribution in [1.82, 2.24) is 14.5 Å². The van der Waals surface area contributed by atoms with Gasteiger partial charge in [0.25, 0.3) is 0 Å². The molecule has 10 rings (SSSR count). The zero-order valence-corrected chi connectivity index (χ0v) is 28.5. The number of nitriles is 2. The van der Waals surface area contributed by atoms with Crippen molar-refractivity contribution in [1.29, 1.82) is 10.5 Å². The maximum absolute atomic E-state index is 9.43. The number of rotatable bonds is 4. The summed E-state index contributed by atoms with van der Waals surface area (Å²) in [5.41, 5.74) is 10.7. The van der Waals surface area contributed by atoms with Gasteiger partial charge in [-0.25, -0.2) is 9.97 Å².